The molecule has 18 heavy (non-hydrogen) atoms. The molecule has 0 radical (unpaired) electrons. The van der Waals surface area contributed by atoms with E-state index in [0.717, 1.165) is 24.9 Å². The molecule has 0 saturated heterocycles. The largest absolute Gasteiger partial charge is 0.316 e. The summed E-state index contributed by atoms with van der Waals surface area (Å²) < 4.78 is 0. The van der Waals surface area contributed by atoms with Crippen molar-refractivity contribution in [3.8, 4) is 0 Å². The fourth-order valence-electron chi connectivity index (χ4n) is 2.76. The van der Waals surface area contributed by atoms with E-state index in [1.54, 1.807) is 0 Å². The molecule has 1 N–H and O–H groups in total. The topological polar surface area (TPSA) is 12.0 Å². The third-order valence-corrected chi connectivity index (χ3v) is 3.61. The van der Waals surface area contributed by atoms with Crippen molar-refractivity contribution in [2.24, 2.45) is 11.8 Å². The number of hydrogen-bond acceptors (Lipinski definition) is 1. The molecular formula is C17H29N. The van der Waals surface area contributed by atoms with Gasteiger partial charge in [0.25, 0.3) is 0 Å². The maximum atomic E-state index is 3.52. The first kappa shape index (κ1) is 15.2. The summed E-state index contributed by atoms with van der Waals surface area (Å²) in [4.78, 5) is 0. The quantitative estimate of drug-likeness (QED) is 0.754. The predicted molar refractivity (Wildman–Crippen MR) is 81.1 cm³/mol. The Morgan fingerprint density at radius 3 is 2.44 bits per heavy atom. The molecule has 1 aromatic carbocycles. The lowest BCUT2D eigenvalue weighted by atomic mass is 9.82. The standard InChI is InChI=1S/C17H29N/c1-6-18-12-17(15(5)10-13(2)3)16-9-7-8-14(4)11-16/h7-9,11,13,15,17-18H,6,10,12H2,1-5H3. The van der Waals surface area contributed by atoms with E-state index in [1.807, 2.05) is 0 Å². The lowest BCUT2D eigenvalue weighted by molar-refractivity contribution is 0.362. The maximum Gasteiger partial charge on any atom is 0.00226 e. The van der Waals surface area contributed by atoms with Gasteiger partial charge in [-0.15, -0.1) is 0 Å². The van der Waals surface area contributed by atoms with Gasteiger partial charge >= 0.3 is 0 Å². The number of aryl methyl sites for hydroxylation is 1. The molecule has 2 atom stereocenters. The zero-order valence-electron chi connectivity index (χ0n) is 12.7. The molecule has 1 aromatic rings. The van der Waals surface area contributed by atoms with Gasteiger partial charge < -0.3 is 5.32 Å². The summed E-state index contributed by atoms with van der Waals surface area (Å²) in [5.41, 5.74) is 2.86. The Hall–Kier alpha value is -0.820. The Labute approximate surface area is 113 Å². The smallest absolute Gasteiger partial charge is 0.00226 e. The van der Waals surface area contributed by atoms with Gasteiger partial charge in [0.05, 0.1) is 0 Å². The molecule has 1 nitrogen and oxygen atoms in total. The van der Waals surface area contributed by atoms with Crippen molar-refractivity contribution < 1.29 is 0 Å². The number of benzene rings is 1. The normalized spacial score (nSPS) is 14.8. The van der Waals surface area contributed by atoms with Crippen LogP contribution in [-0.4, -0.2) is 13.1 Å². The van der Waals surface area contributed by atoms with Crippen LogP contribution in [-0.2, 0) is 0 Å². The second-order valence-corrected chi connectivity index (χ2v) is 5.94. The van der Waals surface area contributed by atoms with Gasteiger partial charge in [-0.05, 0) is 43.2 Å². The van der Waals surface area contributed by atoms with Crippen molar-refractivity contribution in [3.63, 3.8) is 0 Å². The van der Waals surface area contributed by atoms with E-state index in [-0.39, 0.29) is 0 Å². The summed E-state index contributed by atoms with van der Waals surface area (Å²) in [6, 6.07) is 9.00. The van der Waals surface area contributed by atoms with Crippen molar-refractivity contribution >= 4 is 0 Å². The SMILES string of the molecule is CCNCC(c1cccc(C)c1)C(C)CC(C)C. The van der Waals surface area contributed by atoms with Crippen molar-refractivity contribution in [3.05, 3.63) is 35.4 Å². The van der Waals surface area contributed by atoms with Gasteiger partial charge in [-0.3, -0.25) is 0 Å². The Bertz CT molecular complexity index is 343. The van der Waals surface area contributed by atoms with Crippen LogP contribution < -0.4 is 5.32 Å². The second kappa shape index (κ2) is 7.58. The zero-order chi connectivity index (χ0) is 13.5. The fraction of sp³-hybridized carbons (Fsp3) is 0.647. The van der Waals surface area contributed by atoms with Gasteiger partial charge in [0.1, 0.15) is 0 Å². The van der Waals surface area contributed by atoms with Crippen LogP contribution in [0, 0.1) is 18.8 Å². The molecule has 1 heteroatoms. The number of hydrogen-bond donors (Lipinski definition) is 1. The van der Waals surface area contributed by atoms with Gasteiger partial charge in [0, 0.05) is 6.54 Å². The Morgan fingerprint density at radius 2 is 1.89 bits per heavy atom. The van der Waals surface area contributed by atoms with E-state index in [0.29, 0.717) is 5.92 Å². The highest BCUT2D eigenvalue weighted by Crippen LogP contribution is 2.29. The lowest BCUT2D eigenvalue weighted by Gasteiger charge is -2.26. The fourth-order valence-corrected chi connectivity index (χ4v) is 2.76. The van der Waals surface area contributed by atoms with E-state index in [2.05, 4.69) is 64.2 Å². The van der Waals surface area contributed by atoms with Crippen LogP contribution >= 0.6 is 0 Å². The first-order valence-corrected chi connectivity index (χ1v) is 7.31. The van der Waals surface area contributed by atoms with Crippen LogP contribution in [0.3, 0.4) is 0 Å². The molecule has 0 amide bonds. The molecule has 0 heterocycles. The highest BCUT2D eigenvalue weighted by atomic mass is 14.8. The second-order valence-electron chi connectivity index (χ2n) is 5.94. The van der Waals surface area contributed by atoms with Crippen LogP contribution in [0.5, 0.6) is 0 Å². The Kier molecular flexibility index (Phi) is 6.42. The lowest BCUT2D eigenvalue weighted by Crippen LogP contribution is -2.26. The molecule has 0 aliphatic heterocycles. The van der Waals surface area contributed by atoms with E-state index in [1.165, 1.54) is 17.5 Å². The summed E-state index contributed by atoms with van der Waals surface area (Å²) in [6.45, 7) is 13.5. The molecular weight excluding hydrogens is 218 g/mol. The monoisotopic (exact) mass is 247 g/mol. The summed E-state index contributed by atoms with van der Waals surface area (Å²) in [6.07, 6.45) is 1.30. The molecule has 0 saturated carbocycles. The molecule has 0 aliphatic rings. The minimum absolute atomic E-state index is 0.632. The van der Waals surface area contributed by atoms with Crippen LogP contribution in [0.25, 0.3) is 0 Å². The molecule has 0 fully saturated rings. The van der Waals surface area contributed by atoms with Gasteiger partial charge in [0.2, 0.25) is 0 Å². The van der Waals surface area contributed by atoms with Gasteiger partial charge in [-0.1, -0.05) is 57.5 Å². The summed E-state index contributed by atoms with van der Waals surface area (Å²) >= 11 is 0. The van der Waals surface area contributed by atoms with Crippen molar-refractivity contribution in [2.45, 2.75) is 47.0 Å². The summed E-state index contributed by atoms with van der Waals surface area (Å²) in [5.74, 6) is 2.13. The molecule has 0 bridgehead atoms. The number of rotatable bonds is 7. The van der Waals surface area contributed by atoms with Crippen LogP contribution in [0.1, 0.15) is 51.2 Å². The van der Waals surface area contributed by atoms with E-state index >= 15 is 0 Å². The van der Waals surface area contributed by atoms with Crippen LogP contribution in [0.2, 0.25) is 0 Å². The molecule has 1 rings (SSSR count). The van der Waals surface area contributed by atoms with Crippen LogP contribution in [0.15, 0.2) is 24.3 Å². The number of nitrogens with one attached hydrogen (secondary N) is 1. The highest BCUT2D eigenvalue weighted by Gasteiger charge is 2.19. The minimum atomic E-state index is 0.632. The van der Waals surface area contributed by atoms with E-state index < -0.39 is 0 Å². The molecule has 0 aromatic heterocycles. The maximum absolute atomic E-state index is 3.52. The van der Waals surface area contributed by atoms with Gasteiger partial charge in [-0.2, -0.15) is 0 Å². The van der Waals surface area contributed by atoms with E-state index in [4.69, 9.17) is 0 Å². The Morgan fingerprint density at radius 1 is 1.17 bits per heavy atom. The minimum Gasteiger partial charge on any atom is -0.316 e. The average Bonchev–Trinajstić information content (AvgIpc) is 2.28. The third-order valence-electron chi connectivity index (χ3n) is 3.61. The zero-order valence-corrected chi connectivity index (χ0v) is 12.7. The molecule has 0 aliphatic carbocycles. The highest BCUT2D eigenvalue weighted by molar-refractivity contribution is 5.26. The third kappa shape index (κ3) is 4.81. The van der Waals surface area contributed by atoms with Crippen molar-refractivity contribution in [1.82, 2.24) is 5.32 Å². The number of likely N-dealkylation sites (N-methyl/N-ethyl adjacent to an activating group) is 1. The first-order chi connectivity index (χ1) is 8.54. The average molecular weight is 247 g/mol. The summed E-state index contributed by atoms with van der Waals surface area (Å²) in [7, 11) is 0. The van der Waals surface area contributed by atoms with Gasteiger partial charge in [-0.25, -0.2) is 0 Å². The molecule has 102 valence electrons. The Balaban J connectivity index is 2.83. The predicted octanol–water partition coefficient (Wildman–Crippen LogP) is 4.37. The van der Waals surface area contributed by atoms with Crippen molar-refractivity contribution in [1.29, 1.82) is 0 Å². The molecule has 2 unspecified atom stereocenters. The van der Waals surface area contributed by atoms with Crippen LogP contribution in [0.4, 0.5) is 0 Å². The van der Waals surface area contributed by atoms with E-state index in [9.17, 15) is 0 Å². The molecule has 0 spiro atoms. The van der Waals surface area contributed by atoms with Gasteiger partial charge in [0.15, 0.2) is 0 Å². The van der Waals surface area contributed by atoms with Crippen molar-refractivity contribution in [2.75, 3.05) is 13.1 Å². The summed E-state index contributed by atoms with van der Waals surface area (Å²) in [5, 5.41) is 3.52. The first-order valence-electron chi connectivity index (χ1n) is 7.31.